The van der Waals surface area contributed by atoms with Crippen LogP contribution in [0.1, 0.15) is 16.1 Å². The maximum absolute atomic E-state index is 12.0. The molecule has 132 valence electrons. The van der Waals surface area contributed by atoms with Crippen LogP contribution in [0.5, 0.6) is 0 Å². The molecule has 1 aromatic heterocycles. The molecule has 0 spiro atoms. The molecule has 0 bridgehead atoms. The molecule has 4 nitrogen and oxygen atoms in total. The number of halogens is 4. The van der Waals surface area contributed by atoms with Crippen molar-refractivity contribution >= 4 is 62.9 Å². The van der Waals surface area contributed by atoms with Gasteiger partial charge in [0, 0.05) is 15.6 Å². The highest BCUT2D eigenvalue weighted by Crippen LogP contribution is 2.35. The van der Waals surface area contributed by atoms with Crippen LogP contribution in [0, 0.1) is 0 Å². The van der Waals surface area contributed by atoms with E-state index in [1.165, 1.54) is 6.21 Å². The van der Waals surface area contributed by atoms with Gasteiger partial charge in [-0.2, -0.15) is 5.10 Å². The van der Waals surface area contributed by atoms with E-state index < -0.39 is 0 Å². The third-order valence-corrected chi connectivity index (χ3v) is 4.88. The number of hydrogen-bond acceptors (Lipinski definition) is 3. The summed E-state index contributed by atoms with van der Waals surface area (Å²) in [5, 5.41) is 5.05. The molecule has 8 heteroatoms. The van der Waals surface area contributed by atoms with Gasteiger partial charge in [0.05, 0.1) is 21.3 Å². The molecule has 0 aliphatic carbocycles. The maximum Gasteiger partial charge on any atom is 0.271 e. The first-order valence-electron chi connectivity index (χ1n) is 7.28. The summed E-state index contributed by atoms with van der Waals surface area (Å²) in [5.74, 6) is 0.617. The van der Waals surface area contributed by atoms with Gasteiger partial charge in [0.2, 0.25) is 0 Å². The van der Waals surface area contributed by atoms with Gasteiger partial charge in [0.25, 0.3) is 5.91 Å². The van der Waals surface area contributed by atoms with Gasteiger partial charge in [-0.05, 0) is 42.5 Å². The monoisotopic (exact) mass is 470 g/mol. The van der Waals surface area contributed by atoms with Crippen LogP contribution in [0.4, 0.5) is 0 Å². The first-order valence-corrected chi connectivity index (χ1v) is 9.20. The number of furan rings is 1. The predicted molar refractivity (Wildman–Crippen MR) is 108 cm³/mol. The molecule has 0 fully saturated rings. The Kier molecular flexibility index (Phi) is 6.04. The Labute approximate surface area is 172 Å². The molecule has 1 heterocycles. The van der Waals surface area contributed by atoms with Gasteiger partial charge < -0.3 is 4.42 Å². The summed E-state index contributed by atoms with van der Waals surface area (Å²) < 4.78 is 6.47. The number of carbonyl (C=O) groups is 1. The van der Waals surface area contributed by atoms with Gasteiger partial charge in [-0.1, -0.05) is 56.8 Å². The highest BCUT2D eigenvalue weighted by molar-refractivity contribution is 9.10. The lowest BCUT2D eigenvalue weighted by Crippen LogP contribution is -2.17. The summed E-state index contributed by atoms with van der Waals surface area (Å²) in [6.45, 7) is 0. The number of amides is 1. The zero-order chi connectivity index (χ0) is 18.7. The molecule has 3 aromatic rings. The van der Waals surface area contributed by atoms with Crippen molar-refractivity contribution in [3.63, 3.8) is 0 Å². The van der Waals surface area contributed by atoms with Crippen molar-refractivity contribution in [2.24, 2.45) is 5.10 Å². The minimum absolute atomic E-state index is 0.332. The largest absolute Gasteiger partial charge is 0.455 e. The van der Waals surface area contributed by atoms with E-state index in [0.29, 0.717) is 37.7 Å². The minimum Gasteiger partial charge on any atom is -0.455 e. The van der Waals surface area contributed by atoms with E-state index in [1.807, 2.05) is 6.07 Å². The Morgan fingerprint density at radius 3 is 2.58 bits per heavy atom. The number of nitrogens with one attached hydrogen (secondary N) is 1. The second-order valence-corrected chi connectivity index (χ2v) is 7.29. The summed E-state index contributed by atoms with van der Waals surface area (Å²) in [7, 11) is 0. The zero-order valence-electron chi connectivity index (χ0n) is 13.0. The number of hydrazone groups is 1. The van der Waals surface area contributed by atoms with E-state index in [1.54, 1.807) is 42.5 Å². The highest BCUT2D eigenvalue weighted by Gasteiger charge is 2.11. The summed E-state index contributed by atoms with van der Waals surface area (Å²) in [6, 6.07) is 13.6. The van der Waals surface area contributed by atoms with Crippen LogP contribution in [-0.2, 0) is 0 Å². The lowest BCUT2D eigenvalue weighted by atomic mass is 10.2. The van der Waals surface area contributed by atoms with Gasteiger partial charge >= 0.3 is 0 Å². The van der Waals surface area contributed by atoms with Crippen LogP contribution in [0.15, 0.2) is 62.5 Å². The Morgan fingerprint density at radius 2 is 1.81 bits per heavy atom. The van der Waals surface area contributed by atoms with Gasteiger partial charge in [-0.15, -0.1) is 0 Å². The third-order valence-electron chi connectivity index (χ3n) is 3.35. The number of benzene rings is 2. The lowest BCUT2D eigenvalue weighted by Gasteiger charge is -2.03. The Bertz CT molecular complexity index is 1000. The standard InChI is InChI=1S/C18H10BrCl3N2O2/c19-11-3-1-2-10(6-11)18(25)24-23-9-12-4-5-17(26-12)13-7-15(21)16(22)8-14(13)20/h1-9H,(H,24,25)/b23-9+. The molecule has 0 aliphatic heterocycles. The van der Waals surface area contributed by atoms with Gasteiger partial charge in [-0.25, -0.2) is 5.43 Å². The molecule has 0 atom stereocenters. The predicted octanol–water partition coefficient (Wildman–Crippen LogP) is 6.43. The Hall–Kier alpha value is -1.79. The fourth-order valence-electron chi connectivity index (χ4n) is 2.13. The van der Waals surface area contributed by atoms with Crippen molar-refractivity contribution in [3.05, 3.63) is 79.4 Å². The second-order valence-electron chi connectivity index (χ2n) is 5.16. The lowest BCUT2D eigenvalue weighted by molar-refractivity contribution is 0.0955. The fourth-order valence-corrected chi connectivity index (χ4v) is 3.17. The fraction of sp³-hybridized carbons (Fsp3) is 0. The molecule has 26 heavy (non-hydrogen) atoms. The van der Waals surface area contributed by atoms with Crippen molar-refractivity contribution in [1.29, 1.82) is 0 Å². The van der Waals surface area contributed by atoms with Crippen LogP contribution < -0.4 is 5.43 Å². The summed E-state index contributed by atoms with van der Waals surface area (Å²) in [4.78, 5) is 12.0. The molecule has 0 aliphatic rings. The van der Waals surface area contributed by atoms with Crippen molar-refractivity contribution in [2.75, 3.05) is 0 Å². The van der Waals surface area contributed by atoms with Gasteiger partial charge in [0.1, 0.15) is 11.5 Å². The molecule has 1 amide bonds. The molecule has 0 saturated carbocycles. The van der Waals surface area contributed by atoms with Crippen molar-refractivity contribution in [3.8, 4) is 11.3 Å². The summed E-state index contributed by atoms with van der Waals surface area (Å²) in [6.07, 6.45) is 1.39. The van der Waals surface area contributed by atoms with Crippen LogP contribution in [0.2, 0.25) is 15.1 Å². The zero-order valence-corrected chi connectivity index (χ0v) is 16.8. The SMILES string of the molecule is O=C(N/N=C/c1ccc(-c2cc(Cl)c(Cl)cc2Cl)o1)c1cccc(Br)c1. The Balaban J connectivity index is 1.72. The molecule has 3 rings (SSSR count). The average Bonchev–Trinajstić information content (AvgIpc) is 3.06. The van der Waals surface area contributed by atoms with Gasteiger partial charge in [-0.3, -0.25) is 4.79 Å². The molecule has 0 unspecified atom stereocenters. The normalized spacial score (nSPS) is 11.1. The van der Waals surface area contributed by atoms with E-state index in [0.717, 1.165) is 4.47 Å². The topological polar surface area (TPSA) is 54.6 Å². The molecule has 0 radical (unpaired) electrons. The van der Waals surface area contributed by atoms with E-state index in [4.69, 9.17) is 39.2 Å². The van der Waals surface area contributed by atoms with Crippen LogP contribution >= 0.6 is 50.7 Å². The average molecular weight is 473 g/mol. The van der Waals surface area contributed by atoms with Crippen molar-refractivity contribution in [2.45, 2.75) is 0 Å². The second kappa shape index (κ2) is 8.27. The van der Waals surface area contributed by atoms with Crippen LogP contribution in [0.25, 0.3) is 11.3 Å². The Morgan fingerprint density at radius 1 is 1.04 bits per heavy atom. The third kappa shape index (κ3) is 4.48. The highest BCUT2D eigenvalue weighted by atomic mass is 79.9. The molecule has 0 saturated heterocycles. The van der Waals surface area contributed by atoms with Crippen LogP contribution in [-0.4, -0.2) is 12.1 Å². The van der Waals surface area contributed by atoms with E-state index in [9.17, 15) is 4.79 Å². The quantitative estimate of drug-likeness (QED) is 0.270. The number of nitrogens with zero attached hydrogens (tertiary/aromatic N) is 1. The van der Waals surface area contributed by atoms with E-state index in [-0.39, 0.29) is 5.91 Å². The maximum atomic E-state index is 12.0. The van der Waals surface area contributed by atoms with E-state index in [2.05, 4.69) is 26.5 Å². The smallest absolute Gasteiger partial charge is 0.271 e. The summed E-state index contributed by atoms with van der Waals surface area (Å²) in [5.41, 5.74) is 3.53. The molecule has 1 N–H and O–H groups in total. The summed E-state index contributed by atoms with van der Waals surface area (Å²) >= 11 is 21.4. The van der Waals surface area contributed by atoms with Gasteiger partial charge in [0.15, 0.2) is 0 Å². The molecule has 2 aromatic carbocycles. The number of hydrogen-bond donors (Lipinski definition) is 1. The minimum atomic E-state index is -0.332. The number of rotatable bonds is 4. The van der Waals surface area contributed by atoms with Crippen molar-refractivity contribution in [1.82, 2.24) is 5.43 Å². The first-order chi connectivity index (χ1) is 12.4. The molecular formula is C18H10BrCl3N2O2. The molecular weight excluding hydrogens is 462 g/mol. The van der Waals surface area contributed by atoms with Crippen LogP contribution in [0.3, 0.4) is 0 Å². The van der Waals surface area contributed by atoms with E-state index >= 15 is 0 Å². The number of carbonyl (C=O) groups excluding carboxylic acids is 1. The van der Waals surface area contributed by atoms with Crippen molar-refractivity contribution < 1.29 is 9.21 Å². The first kappa shape index (κ1) is 19.0.